The van der Waals surface area contributed by atoms with E-state index >= 15 is 0 Å². The second kappa shape index (κ2) is 7.98. The number of benzene rings is 1. The van der Waals surface area contributed by atoms with Crippen molar-refractivity contribution in [3.63, 3.8) is 0 Å². The summed E-state index contributed by atoms with van der Waals surface area (Å²) >= 11 is 5.66. The van der Waals surface area contributed by atoms with Gasteiger partial charge in [-0.3, -0.25) is 14.6 Å². The van der Waals surface area contributed by atoms with E-state index < -0.39 is 23.0 Å². The van der Waals surface area contributed by atoms with Crippen LogP contribution < -0.4 is 9.80 Å². The van der Waals surface area contributed by atoms with E-state index in [0.717, 1.165) is 29.1 Å². The minimum atomic E-state index is -4.80. The highest BCUT2D eigenvalue weighted by Crippen LogP contribution is 2.48. The van der Waals surface area contributed by atoms with Crippen molar-refractivity contribution >= 4 is 34.6 Å². The van der Waals surface area contributed by atoms with E-state index in [1.54, 1.807) is 4.90 Å². The second-order valence-electron chi connectivity index (χ2n) is 9.31. The topological polar surface area (TPSA) is 72.7 Å². The molecule has 1 aromatic carbocycles. The zero-order valence-corrected chi connectivity index (χ0v) is 19.9. The fraction of sp³-hybridized carbons (Fsp3) is 0.417. The summed E-state index contributed by atoms with van der Waals surface area (Å²) in [5.41, 5.74) is -1.45. The molecular weight excluding hydrogens is 479 g/mol. The quantitative estimate of drug-likeness (QED) is 0.590. The fourth-order valence-corrected chi connectivity index (χ4v) is 5.46. The molecule has 2 saturated heterocycles. The molecule has 0 radical (unpaired) electrons. The molecule has 11 heteroatoms. The average Bonchev–Trinajstić information content (AvgIpc) is 2.99. The standard InChI is InChI=1S/C24H22F3N5O2S/c1-30(2)23(13-34-14-23)15-4-6-16(7-5-15)32-21(35)31(20(33)22(32)8-3-9-22)17-10-18(24(25,26)27)19(11-28)29-12-17/h4-7,10,12H,3,8-9,13-14H2,1-2H3. The molecule has 5 rings (SSSR count). The van der Waals surface area contributed by atoms with Gasteiger partial charge in [0.15, 0.2) is 10.8 Å². The predicted octanol–water partition coefficient (Wildman–Crippen LogP) is 3.82. The number of carbonyl (C=O) groups is 1. The monoisotopic (exact) mass is 501 g/mol. The largest absolute Gasteiger partial charge is 0.419 e. The highest BCUT2D eigenvalue weighted by molar-refractivity contribution is 7.81. The van der Waals surface area contributed by atoms with E-state index in [-0.39, 0.29) is 22.2 Å². The third kappa shape index (κ3) is 3.35. The van der Waals surface area contributed by atoms with Gasteiger partial charge in [-0.1, -0.05) is 12.1 Å². The Labute approximate surface area is 205 Å². The van der Waals surface area contributed by atoms with Crippen LogP contribution in [-0.4, -0.2) is 53.8 Å². The lowest BCUT2D eigenvalue weighted by atomic mass is 9.75. The lowest BCUT2D eigenvalue weighted by Crippen LogP contribution is -2.56. The first-order chi connectivity index (χ1) is 16.5. The van der Waals surface area contributed by atoms with Crippen molar-refractivity contribution in [2.24, 2.45) is 0 Å². The maximum atomic E-state index is 13.6. The van der Waals surface area contributed by atoms with Gasteiger partial charge in [0, 0.05) is 5.69 Å². The van der Waals surface area contributed by atoms with Crippen LogP contribution in [-0.2, 0) is 21.2 Å². The molecule has 1 saturated carbocycles. The number of nitrogens with zero attached hydrogens (tertiary/aromatic N) is 5. The summed E-state index contributed by atoms with van der Waals surface area (Å²) in [5.74, 6) is -0.380. The van der Waals surface area contributed by atoms with Crippen LogP contribution in [0.5, 0.6) is 0 Å². The van der Waals surface area contributed by atoms with Crippen LogP contribution in [0.15, 0.2) is 36.5 Å². The van der Waals surface area contributed by atoms with Gasteiger partial charge >= 0.3 is 6.18 Å². The molecule has 1 amide bonds. The van der Waals surface area contributed by atoms with E-state index in [2.05, 4.69) is 9.88 Å². The number of carbonyl (C=O) groups excluding carboxylic acids is 1. The van der Waals surface area contributed by atoms with E-state index in [1.807, 2.05) is 38.4 Å². The number of nitriles is 1. The molecule has 3 fully saturated rings. The summed E-state index contributed by atoms with van der Waals surface area (Å²) < 4.78 is 46.1. The van der Waals surface area contributed by atoms with Crippen LogP contribution in [0.2, 0.25) is 0 Å². The van der Waals surface area contributed by atoms with Gasteiger partial charge in [-0.25, -0.2) is 4.98 Å². The average molecular weight is 502 g/mol. The number of ether oxygens (including phenoxy) is 1. The summed E-state index contributed by atoms with van der Waals surface area (Å²) in [6.07, 6.45) is -1.83. The van der Waals surface area contributed by atoms with Crippen molar-refractivity contribution in [3.8, 4) is 6.07 Å². The van der Waals surface area contributed by atoms with Crippen LogP contribution in [0, 0.1) is 11.3 Å². The van der Waals surface area contributed by atoms with Crippen molar-refractivity contribution in [3.05, 3.63) is 53.3 Å². The minimum absolute atomic E-state index is 0.0939. The number of anilines is 2. The Morgan fingerprint density at radius 1 is 1.17 bits per heavy atom. The number of hydrogen-bond acceptors (Lipinski definition) is 6. The van der Waals surface area contributed by atoms with Gasteiger partial charge in [0.2, 0.25) is 0 Å². The van der Waals surface area contributed by atoms with Gasteiger partial charge < -0.3 is 9.64 Å². The molecule has 182 valence electrons. The number of amides is 1. The van der Waals surface area contributed by atoms with Gasteiger partial charge in [-0.15, -0.1) is 0 Å². The summed E-state index contributed by atoms with van der Waals surface area (Å²) in [7, 11) is 3.99. The van der Waals surface area contributed by atoms with Crippen molar-refractivity contribution in [2.45, 2.75) is 36.5 Å². The number of halogens is 3. The lowest BCUT2D eigenvalue weighted by Gasteiger charge is -2.47. The maximum absolute atomic E-state index is 13.6. The predicted molar refractivity (Wildman–Crippen MR) is 126 cm³/mol. The third-order valence-electron chi connectivity index (χ3n) is 7.34. The molecule has 3 heterocycles. The summed E-state index contributed by atoms with van der Waals surface area (Å²) in [5, 5.41) is 9.15. The summed E-state index contributed by atoms with van der Waals surface area (Å²) in [6.45, 7) is 1.15. The first-order valence-corrected chi connectivity index (χ1v) is 11.5. The number of alkyl halides is 3. The molecule has 1 spiro atoms. The molecule has 2 aliphatic heterocycles. The van der Waals surface area contributed by atoms with Crippen LogP contribution in [0.1, 0.15) is 36.1 Å². The number of pyridine rings is 1. The minimum Gasteiger partial charge on any atom is -0.377 e. The molecule has 7 nitrogen and oxygen atoms in total. The lowest BCUT2D eigenvalue weighted by molar-refractivity contribution is -0.138. The normalized spacial score (nSPS) is 20.7. The summed E-state index contributed by atoms with van der Waals surface area (Å²) in [4.78, 5) is 22.2. The zero-order chi connectivity index (χ0) is 25.2. The Balaban J connectivity index is 1.53. The van der Waals surface area contributed by atoms with E-state index in [1.165, 1.54) is 6.07 Å². The van der Waals surface area contributed by atoms with Gasteiger partial charge in [-0.05, 0) is 69.3 Å². The van der Waals surface area contributed by atoms with Crippen molar-refractivity contribution in [2.75, 3.05) is 37.1 Å². The van der Waals surface area contributed by atoms with E-state index in [0.29, 0.717) is 31.7 Å². The van der Waals surface area contributed by atoms with E-state index in [9.17, 15) is 18.0 Å². The molecule has 0 unspecified atom stereocenters. The Morgan fingerprint density at radius 3 is 2.29 bits per heavy atom. The molecular formula is C24H22F3N5O2S. The highest BCUT2D eigenvalue weighted by Gasteiger charge is 2.60. The van der Waals surface area contributed by atoms with Gasteiger partial charge in [0.25, 0.3) is 5.91 Å². The van der Waals surface area contributed by atoms with Gasteiger partial charge in [-0.2, -0.15) is 18.4 Å². The molecule has 0 N–H and O–H groups in total. The molecule has 1 aromatic heterocycles. The van der Waals surface area contributed by atoms with Crippen molar-refractivity contribution in [1.82, 2.24) is 9.88 Å². The number of hydrogen-bond donors (Lipinski definition) is 0. The van der Waals surface area contributed by atoms with Crippen LogP contribution in [0.25, 0.3) is 0 Å². The Kier molecular flexibility index (Phi) is 5.39. The van der Waals surface area contributed by atoms with Crippen LogP contribution in [0.4, 0.5) is 24.5 Å². The smallest absolute Gasteiger partial charge is 0.377 e. The molecule has 2 aromatic rings. The second-order valence-corrected chi connectivity index (χ2v) is 9.67. The third-order valence-corrected chi connectivity index (χ3v) is 7.70. The molecule has 35 heavy (non-hydrogen) atoms. The fourth-order valence-electron chi connectivity index (χ4n) is 4.99. The number of aromatic nitrogens is 1. The van der Waals surface area contributed by atoms with Crippen molar-refractivity contribution in [1.29, 1.82) is 5.26 Å². The SMILES string of the molecule is CN(C)C1(c2ccc(N3C(=S)N(c4cnc(C#N)c(C(F)(F)F)c4)C(=O)C34CCC4)cc2)COC1. The van der Waals surface area contributed by atoms with Crippen molar-refractivity contribution < 1.29 is 22.7 Å². The highest BCUT2D eigenvalue weighted by atomic mass is 32.1. The summed E-state index contributed by atoms with van der Waals surface area (Å²) in [6, 6.07) is 9.96. The molecule has 0 bridgehead atoms. The van der Waals surface area contributed by atoms with Crippen LogP contribution >= 0.6 is 12.2 Å². The Morgan fingerprint density at radius 2 is 1.83 bits per heavy atom. The number of thiocarbonyl (C=S) groups is 1. The van der Waals surface area contributed by atoms with E-state index in [4.69, 9.17) is 22.2 Å². The van der Waals surface area contributed by atoms with Crippen LogP contribution in [0.3, 0.4) is 0 Å². The maximum Gasteiger partial charge on any atom is 0.419 e. The Hall–Kier alpha value is -3.07. The van der Waals surface area contributed by atoms with Gasteiger partial charge in [0.05, 0.1) is 36.2 Å². The molecule has 0 atom stereocenters. The number of rotatable bonds is 4. The molecule has 3 aliphatic rings. The first-order valence-electron chi connectivity index (χ1n) is 11.1. The molecule has 1 aliphatic carbocycles. The number of likely N-dealkylation sites (N-methyl/N-ethyl adjacent to an activating group) is 1. The zero-order valence-electron chi connectivity index (χ0n) is 19.1. The van der Waals surface area contributed by atoms with Gasteiger partial charge in [0.1, 0.15) is 11.6 Å². The Bertz CT molecular complexity index is 1250. The first kappa shape index (κ1) is 23.7.